The molecule has 1 fully saturated rings. The number of nitrogens with one attached hydrogen (secondary N) is 2. The first-order chi connectivity index (χ1) is 11.1. The number of urea groups is 1. The maximum absolute atomic E-state index is 12.1. The summed E-state index contributed by atoms with van der Waals surface area (Å²) < 4.78 is 0. The second-order valence-electron chi connectivity index (χ2n) is 5.22. The first-order valence-corrected chi connectivity index (χ1v) is 7.53. The number of anilines is 2. The van der Waals surface area contributed by atoms with Crippen molar-refractivity contribution in [2.75, 3.05) is 16.8 Å². The van der Waals surface area contributed by atoms with Crippen molar-refractivity contribution in [3.8, 4) is 0 Å². The number of pyridine rings is 1. The standard InChI is InChI=1S/C16H15ClN4O2/c17-11-3-5-14(6-4-11)21-10-13(8-15(21)22)20-16(23)19-12-2-1-7-18-9-12/h1-7,9,13H,8,10H2,(H2,19,20,23)/t13-/m0/s1. The Labute approximate surface area is 138 Å². The summed E-state index contributed by atoms with van der Waals surface area (Å²) in [5.74, 6) is -0.0287. The summed E-state index contributed by atoms with van der Waals surface area (Å²) in [5.41, 5.74) is 1.38. The summed E-state index contributed by atoms with van der Waals surface area (Å²) in [4.78, 5) is 29.7. The lowest BCUT2D eigenvalue weighted by Crippen LogP contribution is -2.39. The summed E-state index contributed by atoms with van der Waals surface area (Å²) >= 11 is 5.86. The van der Waals surface area contributed by atoms with E-state index < -0.39 is 0 Å². The van der Waals surface area contributed by atoms with Crippen LogP contribution >= 0.6 is 11.6 Å². The van der Waals surface area contributed by atoms with Crippen LogP contribution in [0.25, 0.3) is 0 Å². The molecule has 1 aromatic heterocycles. The van der Waals surface area contributed by atoms with Gasteiger partial charge in [0, 0.05) is 29.9 Å². The zero-order valence-electron chi connectivity index (χ0n) is 12.2. The molecule has 0 unspecified atom stereocenters. The molecule has 118 valence electrons. The molecule has 2 aromatic rings. The topological polar surface area (TPSA) is 74.3 Å². The number of halogens is 1. The number of amides is 3. The molecule has 0 aliphatic carbocycles. The highest BCUT2D eigenvalue weighted by molar-refractivity contribution is 6.30. The van der Waals surface area contributed by atoms with Crippen molar-refractivity contribution in [3.05, 3.63) is 53.8 Å². The highest BCUT2D eigenvalue weighted by atomic mass is 35.5. The van der Waals surface area contributed by atoms with E-state index >= 15 is 0 Å². The van der Waals surface area contributed by atoms with Crippen LogP contribution in [0.5, 0.6) is 0 Å². The number of carbonyl (C=O) groups excluding carboxylic acids is 2. The molecule has 7 heteroatoms. The zero-order chi connectivity index (χ0) is 16.2. The van der Waals surface area contributed by atoms with Crippen LogP contribution in [-0.2, 0) is 4.79 Å². The van der Waals surface area contributed by atoms with E-state index in [0.29, 0.717) is 17.3 Å². The van der Waals surface area contributed by atoms with Gasteiger partial charge in [-0.15, -0.1) is 0 Å². The van der Waals surface area contributed by atoms with Gasteiger partial charge < -0.3 is 15.5 Å². The summed E-state index contributed by atoms with van der Waals surface area (Å²) in [6.45, 7) is 0.431. The van der Waals surface area contributed by atoms with Crippen LogP contribution in [-0.4, -0.2) is 29.5 Å². The highest BCUT2D eigenvalue weighted by Gasteiger charge is 2.31. The van der Waals surface area contributed by atoms with E-state index in [4.69, 9.17) is 11.6 Å². The maximum atomic E-state index is 12.1. The minimum Gasteiger partial charge on any atom is -0.333 e. The van der Waals surface area contributed by atoms with Crippen molar-refractivity contribution >= 4 is 34.9 Å². The van der Waals surface area contributed by atoms with Gasteiger partial charge in [-0.3, -0.25) is 9.78 Å². The Morgan fingerprint density at radius 2 is 2.04 bits per heavy atom. The molecule has 0 radical (unpaired) electrons. The van der Waals surface area contributed by atoms with Gasteiger partial charge in [0.1, 0.15) is 0 Å². The summed E-state index contributed by atoms with van der Waals surface area (Å²) in [7, 11) is 0. The summed E-state index contributed by atoms with van der Waals surface area (Å²) in [6.07, 6.45) is 3.45. The van der Waals surface area contributed by atoms with Crippen LogP contribution < -0.4 is 15.5 Å². The average Bonchev–Trinajstić information content (AvgIpc) is 2.89. The number of carbonyl (C=O) groups is 2. The molecule has 2 heterocycles. The molecule has 1 saturated heterocycles. The number of benzene rings is 1. The molecular formula is C16H15ClN4O2. The first-order valence-electron chi connectivity index (χ1n) is 7.15. The lowest BCUT2D eigenvalue weighted by Gasteiger charge is -2.17. The number of aromatic nitrogens is 1. The van der Waals surface area contributed by atoms with Gasteiger partial charge in [0.05, 0.1) is 17.9 Å². The monoisotopic (exact) mass is 330 g/mol. The predicted molar refractivity (Wildman–Crippen MR) is 88.6 cm³/mol. The molecule has 0 saturated carbocycles. The Balaban J connectivity index is 1.59. The minimum atomic E-state index is -0.353. The maximum Gasteiger partial charge on any atom is 0.319 e. The number of rotatable bonds is 3. The Morgan fingerprint density at radius 3 is 2.74 bits per heavy atom. The predicted octanol–water partition coefficient (Wildman–Crippen LogP) is 2.66. The lowest BCUT2D eigenvalue weighted by molar-refractivity contribution is -0.117. The van der Waals surface area contributed by atoms with Gasteiger partial charge in [-0.2, -0.15) is 0 Å². The van der Waals surface area contributed by atoms with E-state index in [0.717, 1.165) is 5.69 Å². The molecule has 3 rings (SSSR count). The second-order valence-corrected chi connectivity index (χ2v) is 5.66. The first kappa shape index (κ1) is 15.3. The fraction of sp³-hybridized carbons (Fsp3) is 0.188. The van der Waals surface area contributed by atoms with E-state index in [1.807, 2.05) is 0 Å². The van der Waals surface area contributed by atoms with Crippen LogP contribution in [0.2, 0.25) is 5.02 Å². The van der Waals surface area contributed by atoms with E-state index in [9.17, 15) is 9.59 Å². The average molecular weight is 331 g/mol. The fourth-order valence-electron chi connectivity index (χ4n) is 2.46. The third-order valence-corrected chi connectivity index (χ3v) is 3.77. The Bertz CT molecular complexity index is 706. The highest BCUT2D eigenvalue weighted by Crippen LogP contribution is 2.23. The SMILES string of the molecule is O=C(Nc1cccnc1)N[C@H]1CC(=O)N(c2ccc(Cl)cc2)C1. The summed E-state index contributed by atoms with van der Waals surface area (Å²) in [6, 6.07) is 9.93. The third kappa shape index (κ3) is 3.78. The second kappa shape index (κ2) is 6.66. The van der Waals surface area contributed by atoms with Gasteiger partial charge in [-0.25, -0.2) is 4.79 Å². The fourth-order valence-corrected chi connectivity index (χ4v) is 2.59. The van der Waals surface area contributed by atoms with Crippen molar-refractivity contribution in [2.24, 2.45) is 0 Å². The lowest BCUT2D eigenvalue weighted by atomic mass is 10.2. The number of nitrogens with zero attached hydrogens (tertiary/aromatic N) is 2. The van der Waals surface area contributed by atoms with E-state index in [1.165, 1.54) is 0 Å². The van der Waals surface area contributed by atoms with Crippen LogP contribution in [0.15, 0.2) is 48.8 Å². The smallest absolute Gasteiger partial charge is 0.319 e. The molecule has 6 nitrogen and oxygen atoms in total. The van der Waals surface area contributed by atoms with Gasteiger partial charge in [0.15, 0.2) is 0 Å². The quantitative estimate of drug-likeness (QED) is 0.908. The van der Waals surface area contributed by atoms with E-state index in [-0.39, 0.29) is 24.4 Å². The van der Waals surface area contributed by atoms with Crippen molar-refractivity contribution < 1.29 is 9.59 Å². The molecule has 1 aromatic carbocycles. The molecule has 0 bridgehead atoms. The van der Waals surface area contributed by atoms with E-state index in [1.54, 1.807) is 53.7 Å². The Morgan fingerprint density at radius 1 is 1.26 bits per heavy atom. The van der Waals surface area contributed by atoms with E-state index in [2.05, 4.69) is 15.6 Å². The van der Waals surface area contributed by atoms with Gasteiger partial charge in [0.25, 0.3) is 0 Å². The van der Waals surface area contributed by atoms with Crippen LogP contribution in [0.3, 0.4) is 0 Å². The van der Waals surface area contributed by atoms with Gasteiger partial charge >= 0.3 is 6.03 Å². The molecule has 1 atom stereocenters. The van der Waals surface area contributed by atoms with Crippen molar-refractivity contribution in [1.82, 2.24) is 10.3 Å². The third-order valence-electron chi connectivity index (χ3n) is 3.52. The Hall–Kier alpha value is -2.60. The number of hydrogen-bond donors (Lipinski definition) is 2. The molecule has 3 amide bonds. The molecule has 23 heavy (non-hydrogen) atoms. The van der Waals surface area contributed by atoms with Crippen LogP contribution in [0, 0.1) is 0 Å². The zero-order valence-corrected chi connectivity index (χ0v) is 13.0. The summed E-state index contributed by atoms with van der Waals surface area (Å²) in [5, 5.41) is 6.10. The molecule has 2 N–H and O–H groups in total. The normalized spacial score (nSPS) is 17.2. The van der Waals surface area contributed by atoms with Crippen LogP contribution in [0.4, 0.5) is 16.2 Å². The largest absolute Gasteiger partial charge is 0.333 e. The van der Waals surface area contributed by atoms with Crippen LogP contribution in [0.1, 0.15) is 6.42 Å². The Kier molecular flexibility index (Phi) is 4.43. The van der Waals surface area contributed by atoms with Gasteiger partial charge in [-0.1, -0.05) is 11.6 Å². The van der Waals surface area contributed by atoms with Gasteiger partial charge in [-0.05, 0) is 36.4 Å². The van der Waals surface area contributed by atoms with Crippen molar-refractivity contribution in [2.45, 2.75) is 12.5 Å². The molecular weight excluding hydrogens is 316 g/mol. The molecule has 0 spiro atoms. The van der Waals surface area contributed by atoms with Crippen molar-refractivity contribution in [1.29, 1.82) is 0 Å². The van der Waals surface area contributed by atoms with Gasteiger partial charge in [0.2, 0.25) is 5.91 Å². The minimum absolute atomic E-state index is 0.0287. The van der Waals surface area contributed by atoms with Crippen molar-refractivity contribution in [3.63, 3.8) is 0 Å². The molecule has 1 aliphatic rings. The molecule has 1 aliphatic heterocycles. The number of hydrogen-bond acceptors (Lipinski definition) is 3.